The van der Waals surface area contributed by atoms with Crippen molar-refractivity contribution in [1.29, 1.82) is 0 Å². The highest BCUT2D eigenvalue weighted by molar-refractivity contribution is 5.84. The van der Waals surface area contributed by atoms with Crippen molar-refractivity contribution in [3.63, 3.8) is 0 Å². The van der Waals surface area contributed by atoms with Crippen LogP contribution in [0, 0.1) is 5.92 Å². The second-order valence-electron chi connectivity index (χ2n) is 9.91. The van der Waals surface area contributed by atoms with E-state index in [2.05, 4.69) is 94.7 Å². The van der Waals surface area contributed by atoms with Gasteiger partial charge < -0.3 is 9.80 Å². The monoisotopic (exact) mass is 489 g/mol. The summed E-state index contributed by atoms with van der Waals surface area (Å²) in [4.78, 5) is 20.0. The third kappa shape index (κ3) is 6.10. The van der Waals surface area contributed by atoms with Crippen LogP contribution in [0.3, 0.4) is 0 Å². The fourth-order valence-electron chi connectivity index (χ4n) is 5.42. The molecule has 37 heavy (non-hydrogen) atoms. The van der Waals surface area contributed by atoms with Crippen LogP contribution in [0.4, 0.5) is 11.4 Å². The summed E-state index contributed by atoms with van der Waals surface area (Å²) in [6.07, 6.45) is 1.09. The van der Waals surface area contributed by atoms with Crippen LogP contribution in [0.1, 0.15) is 23.6 Å². The number of carbonyl (C=O) groups is 1. The van der Waals surface area contributed by atoms with Gasteiger partial charge in [-0.05, 0) is 54.3 Å². The molecule has 1 unspecified atom stereocenters. The van der Waals surface area contributed by atoms with Gasteiger partial charge in [0, 0.05) is 31.5 Å². The standard InChI is InChI=1S/C33H35N3O/c1-34(32(37)26-36(30-18-10-4-11-19-30)31-20-12-5-13-21-31)24-27-22-23-35(25-27)33(28-14-6-2-7-15-28)29-16-8-3-9-17-29/h2-21,27,33H,22-26H2,1H3. The Kier molecular flexibility index (Phi) is 7.97. The molecule has 5 rings (SSSR count). The second kappa shape index (κ2) is 11.9. The van der Waals surface area contributed by atoms with Crippen molar-refractivity contribution in [3.8, 4) is 0 Å². The predicted octanol–water partition coefficient (Wildman–Crippen LogP) is 6.39. The number of carbonyl (C=O) groups excluding carboxylic acids is 1. The minimum absolute atomic E-state index is 0.133. The van der Waals surface area contributed by atoms with Gasteiger partial charge in [0.05, 0.1) is 6.04 Å². The van der Waals surface area contributed by atoms with E-state index in [1.807, 2.05) is 48.3 Å². The summed E-state index contributed by atoms with van der Waals surface area (Å²) in [6.45, 7) is 3.09. The highest BCUT2D eigenvalue weighted by atomic mass is 16.2. The van der Waals surface area contributed by atoms with Crippen molar-refractivity contribution in [1.82, 2.24) is 9.80 Å². The highest BCUT2D eigenvalue weighted by Crippen LogP contribution is 2.33. The molecule has 1 fully saturated rings. The molecule has 1 aliphatic rings. The number of anilines is 2. The Bertz CT molecular complexity index is 1170. The third-order valence-electron chi connectivity index (χ3n) is 7.30. The van der Waals surface area contributed by atoms with Crippen LogP contribution >= 0.6 is 0 Å². The van der Waals surface area contributed by atoms with Crippen LogP contribution in [-0.4, -0.2) is 48.9 Å². The number of hydrogen-bond acceptors (Lipinski definition) is 3. The molecule has 0 radical (unpaired) electrons. The molecule has 4 aromatic carbocycles. The molecule has 1 heterocycles. The molecule has 188 valence electrons. The number of benzene rings is 4. The average Bonchev–Trinajstić information content (AvgIpc) is 3.41. The van der Waals surface area contributed by atoms with Crippen molar-refractivity contribution < 1.29 is 4.79 Å². The number of para-hydroxylation sites is 2. The van der Waals surface area contributed by atoms with E-state index in [1.54, 1.807) is 0 Å². The molecule has 0 bridgehead atoms. The minimum Gasteiger partial charge on any atom is -0.344 e. The van der Waals surface area contributed by atoms with E-state index >= 15 is 0 Å². The summed E-state index contributed by atoms with van der Waals surface area (Å²) in [5, 5.41) is 0. The zero-order chi connectivity index (χ0) is 25.5. The predicted molar refractivity (Wildman–Crippen MR) is 152 cm³/mol. The van der Waals surface area contributed by atoms with Gasteiger partial charge in [-0.15, -0.1) is 0 Å². The van der Waals surface area contributed by atoms with Crippen molar-refractivity contribution in [2.24, 2.45) is 5.92 Å². The first-order valence-corrected chi connectivity index (χ1v) is 13.1. The van der Waals surface area contributed by atoms with Gasteiger partial charge >= 0.3 is 0 Å². The van der Waals surface area contributed by atoms with Crippen LogP contribution in [0.15, 0.2) is 121 Å². The largest absolute Gasteiger partial charge is 0.344 e. The van der Waals surface area contributed by atoms with E-state index in [-0.39, 0.29) is 11.9 Å². The van der Waals surface area contributed by atoms with Crippen LogP contribution in [0.5, 0.6) is 0 Å². The summed E-state index contributed by atoms with van der Waals surface area (Å²) < 4.78 is 0. The van der Waals surface area contributed by atoms with E-state index in [0.717, 1.165) is 37.4 Å². The molecule has 0 N–H and O–H groups in total. The zero-order valence-electron chi connectivity index (χ0n) is 21.5. The Morgan fingerprint density at radius 2 is 1.22 bits per heavy atom. The molecule has 4 nitrogen and oxygen atoms in total. The molecule has 4 heteroatoms. The van der Waals surface area contributed by atoms with Crippen LogP contribution < -0.4 is 4.90 Å². The van der Waals surface area contributed by atoms with E-state index in [1.165, 1.54) is 11.1 Å². The van der Waals surface area contributed by atoms with E-state index < -0.39 is 0 Å². The SMILES string of the molecule is CN(CC1CCN(C(c2ccccc2)c2ccccc2)C1)C(=O)CN(c1ccccc1)c1ccccc1. The number of amides is 1. The summed E-state index contributed by atoms with van der Waals surface area (Å²) in [6, 6.07) is 42.1. The van der Waals surface area contributed by atoms with Gasteiger partial charge in [0.2, 0.25) is 5.91 Å². The molecule has 1 atom stereocenters. The van der Waals surface area contributed by atoms with E-state index in [4.69, 9.17) is 0 Å². The minimum atomic E-state index is 0.133. The first kappa shape index (κ1) is 24.8. The van der Waals surface area contributed by atoms with Gasteiger partial charge in [-0.2, -0.15) is 0 Å². The lowest BCUT2D eigenvalue weighted by Gasteiger charge is -2.30. The molecule has 1 saturated heterocycles. The number of nitrogens with zero attached hydrogens (tertiary/aromatic N) is 3. The summed E-state index contributed by atoms with van der Waals surface area (Å²) >= 11 is 0. The number of rotatable bonds is 9. The molecule has 4 aromatic rings. The van der Waals surface area contributed by atoms with Crippen molar-refractivity contribution >= 4 is 17.3 Å². The van der Waals surface area contributed by atoms with Crippen molar-refractivity contribution in [3.05, 3.63) is 132 Å². The van der Waals surface area contributed by atoms with Crippen LogP contribution in [0.25, 0.3) is 0 Å². The third-order valence-corrected chi connectivity index (χ3v) is 7.30. The summed E-state index contributed by atoms with van der Waals surface area (Å²) in [7, 11) is 1.95. The van der Waals surface area contributed by atoms with E-state index in [9.17, 15) is 4.79 Å². The molecule has 1 amide bonds. The Morgan fingerprint density at radius 3 is 1.70 bits per heavy atom. The molecule has 0 saturated carbocycles. The van der Waals surface area contributed by atoms with Gasteiger partial charge in [0.1, 0.15) is 6.54 Å². The summed E-state index contributed by atoms with van der Waals surface area (Å²) in [5.74, 6) is 0.583. The fourth-order valence-corrected chi connectivity index (χ4v) is 5.42. The van der Waals surface area contributed by atoms with Gasteiger partial charge in [0.15, 0.2) is 0 Å². The maximum atomic E-state index is 13.4. The fraction of sp³-hybridized carbons (Fsp3) is 0.242. The van der Waals surface area contributed by atoms with Crippen LogP contribution in [-0.2, 0) is 4.79 Å². The quantitative estimate of drug-likeness (QED) is 0.272. The van der Waals surface area contributed by atoms with Gasteiger partial charge in [-0.3, -0.25) is 9.69 Å². The lowest BCUT2D eigenvalue weighted by molar-refractivity contribution is -0.128. The average molecular weight is 490 g/mol. The molecule has 1 aliphatic heterocycles. The highest BCUT2D eigenvalue weighted by Gasteiger charge is 2.31. The molecule has 0 aliphatic carbocycles. The molecular weight excluding hydrogens is 454 g/mol. The Labute approximate surface area is 220 Å². The molecule has 0 spiro atoms. The lowest BCUT2D eigenvalue weighted by Crippen LogP contribution is -2.39. The number of likely N-dealkylation sites (N-methyl/N-ethyl adjacent to an activating group) is 1. The van der Waals surface area contributed by atoms with Crippen molar-refractivity contribution in [2.75, 3.05) is 38.1 Å². The topological polar surface area (TPSA) is 26.8 Å². The van der Waals surface area contributed by atoms with E-state index in [0.29, 0.717) is 12.5 Å². The maximum absolute atomic E-state index is 13.4. The van der Waals surface area contributed by atoms with Gasteiger partial charge in [0.25, 0.3) is 0 Å². The summed E-state index contributed by atoms with van der Waals surface area (Å²) in [5.41, 5.74) is 4.69. The number of likely N-dealkylation sites (tertiary alicyclic amines) is 1. The second-order valence-corrected chi connectivity index (χ2v) is 9.91. The van der Waals surface area contributed by atoms with Gasteiger partial charge in [-0.25, -0.2) is 0 Å². The lowest BCUT2D eigenvalue weighted by atomic mass is 9.97. The van der Waals surface area contributed by atoms with Crippen LogP contribution in [0.2, 0.25) is 0 Å². The van der Waals surface area contributed by atoms with Crippen molar-refractivity contribution in [2.45, 2.75) is 12.5 Å². The first-order valence-electron chi connectivity index (χ1n) is 13.1. The zero-order valence-corrected chi connectivity index (χ0v) is 21.5. The first-order chi connectivity index (χ1) is 18.2. The molecule has 0 aromatic heterocycles. The van der Waals surface area contributed by atoms with Gasteiger partial charge in [-0.1, -0.05) is 97.1 Å². The Hall–Kier alpha value is -3.89. The Balaban J connectivity index is 1.26. The number of hydrogen-bond donors (Lipinski definition) is 0. The Morgan fingerprint density at radius 1 is 0.757 bits per heavy atom. The normalized spacial score (nSPS) is 15.6. The maximum Gasteiger partial charge on any atom is 0.242 e. The smallest absolute Gasteiger partial charge is 0.242 e. The molecular formula is C33H35N3O.